The summed E-state index contributed by atoms with van der Waals surface area (Å²) in [6.07, 6.45) is 4.19. The Labute approximate surface area is 152 Å². The summed E-state index contributed by atoms with van der Waals surface area (Å²) in [7, 11) is 0. The minimum absolute atomic E-state index is 0.0296. The molecule has 1 aliphatic carbocycles. The summed E-state index contributed by atoms with van der Waals surface area (Å²) < 4.78 is 2.08. The average molecular weight is 356 g/mol. The molecule has 25 heavy (non-hydrogen) atoms. The fraction of sp³-hybridized carbons (Fsp3) is 0.421. The van der Waals surface area contributed by atoms with Gasteiger partial charge in [0.1, 0.15) is 5.82 Å². The van der Waals surface area contributed by atoms with E-state index in [4.69, 9.17) is 0 Å². The number of thioether (sulfide) groups is 1. The normalized spacial score (nSPS) is 15.0. The third-order valence-corrected chi connectivity index (χ3v) is 5.37. The second kappa shape index (κ2) is 7.44. The zero-order chi connectivity index (χ0) is 18.0. The smallest absolute Gasteiger partial charge is 0.237 e. The van der Waals surface area contributed by atoms with Crippen LogP contribution in [0.15, 0.2) is 36.0 Å². The van der Waals surface area contributed by atoms with Gasteiger partial charge in [-0.3, -0.25) is 4.79 Å². The average Bonchev–Trinajstić information content (AvgIpc) is 3.34. The second-order valence-corrected chi connectivity index (χ2v) is 7.89. The molecule has 0 bridgehead atoms. The molecule has 1 saturated carbocycles. The molecule has 5 nitrogen and oxygen atoms in total. The van der Waals surface area contributed by atoms with Crippen LogP contribution >= 0.6 is 11.8 Å². The highest BCUT2D eigenvalue weighted by atomic mass is 32.2. The summed E-state index contributed by atoms with van der Waals surface area (Å²) in [6.45, 7) is 10.4. The lowest BCUT2D eigenvalue weighted by atomic mass is 10.1. The Bertz CT molecular complexity index is 795. The first-order chi connectivity index (χ1) is 12.0. The van der Waals surface area contributed by atoms with Gasteiger partial charge in [0.05, 0.1) is 5.25 Å². The van der Waals surface area contributed by atoms with Gasteiger partial charge in [0.2, 0.25) is 5.91 Å². The van der Waals surface area contributed by atoms with E-state index in [9.17, 15) is 4.79 Å². The van der Waals surface area contributed by atoms with Crippen LogP contribution in [0.4, 0.5) is 5.69 Å². The first-order valence-electron chi connectivity index (χ1n) is 8.58. The minimum Gasteiger partial charge on any atom is -0.325 e. The van der Waals surface area contributed by atoms with Crippen molar-refractivity contribution in [1.29, 1.82) is 0 Å². The number of benzene rings is 1. The van der Waals surface area contributed by atoms with Crippen molar-refractivity contribution in [2.75, 3.05) is 5.32 Å². The number of anilines is 1. The third-order valence-electron chi connectivity index (χ3n) is 4.29. The Morgan fingerprint density at radius 2 is 2.20 bits per heavy atom. The van der Waals surface area contributed by atoms with Crippen molar-refractivity contribution in [3.05, 3.63) is 47.8 Å². The van der Waals surface area contributed by atoms with Gasteiger partial charge in [-0.1, -0.05) is 35.5 Å². The number of nitrogens with zero attached hydrogens (tertiary/aromatic N) is 3. The van der Waals surface area contributed by atoms with Gasteiger partial charge in [0, 0.05) is 18.2 Å². The predicted octanol–water partition coefficient (Wildman–Crippen LogP) is 4.08. The van der Waals surface area contributed by atoms with Gasteiger partial charge in [-0.25, -0.2) is 0 Å². The molecular weight excluding hydrogens is 332 g/mol. The van der Waals surface area contributed by atoms with Crippen molar-refractivity contribution in [3.63, 3.8) is 0 Å². The molecule has 0 radical (unpaired) electrons. The molecule has 1 unspecified atom stereocenters. The van der Waals surface area contributed by atoms with Crippen LogP contribution in [0, 0.1) is 13.8 Å². The van der Waals surface area contributed by atoms with E-state index in [0.717, 1.165) is 22.2 Å². The molecule has 1 aliphatic rings. The van der Waals surface area contributed by atoms with Crippen LogP contribution < -0.4 is 5.32 Å². The van der Waals surface area contributed by atoms with Crippen LogP contribution in [0.1, 0.15) is 42.6 Å². The molecule has 1 amide bonds. The van der Waals surface area contributed by atoms with E-state index in [2.05, 4.69) is 32.7 Å². The highest BCUT2D eigenvalue weighted by molar-refractivity contribution is 8.00. The van der Waals surface area contributed by atoms with E-state index < -0.39 is 0 Å². The van der Waals surface area contributed by atoms with Crippen LogP contribution in [-0.4, -0.2) is 25.9 Å². The maximum atomic E-state index is 12.6. The van der Waals surface area contributed by atoms with E-state index in [1.165, 1.54) is 30.2 Å². The van der Waals surface area contributed by atoms with Gasteiger partial charge in [-0.15, -0.1) is 16.8 Å². The molecule has 1 aromatic carbocycles. The van der Waals surface area contributed by atoms with Gasteiger partial charge >= 0.3 is 0 Å². The molecule has 0 spiro atoms. The predicted molar refractivity (Wildman–Crippen MR) is 102 cm³/mol. The van der Waals surface area contributed by atoms with Crippen LogP contribution in [0.25, 0.3) is 0 Å². The molecule has 132 valence electrons. The summed E-state index contributed by atoms with van der Waals surface area (Å²) in [5.74, 6) is 1.50. The van der Waals surface area contributed by atoms with Crippen LogP contribution in [0.3, 0.4) is 0 Å². The number of hydrogen-bond donors (Lipinski definition) is 1. The summed E-state index contributed by atoms with van der Waals surface area (Å²) in [5, 5.41) is 12.2. The molecule has 3 rings (SSSR count). The minimum atomic E-state index is -0.263. The number of amides is 1. The monoisotopic (exact) mass is 356 g/mol. The summed E-state index contributed by atoms with van der Waals surface area (Å²) in [4.78, 5) is 12.6. The number of allylic oxidation sites excluding steroid dienone is 1. The van der Waals surface area contributed by atoms with Crippen molar-refractivity contribution < 1.29 is 4.79 Å². The fourth-order valence-corrected chi connectivity index (χ4v) is 3.60. The standard InChI is InChI=1S/C19H24N4OS/c1-5-10-23-17(15-7-8-15)21-22-19(23)25-14(4)18(24)20-16-9-6-12(2)11-13(16)3/h5-6,9,11,14-15H,1,7-8,10H2,2-4H3,(H,20,24). The third kappa shape index (κ3) is 4.12. The number of carbonyl (C=O) groups is 1. The van der Waals surface area contributed by atoms with Gasteiger partial charge in [-0.05, 0) is 45.2 Å². The zero-order valence-electron chi connectivity index (χ0n) is 15.0. The Balaban J connectivity index is 1.70. The summed E-state index contributed by atoms with van der Waals surface area (Å²) in [6, 6.07) is 6.02. The van der Waals surface area contributed by atoms with E-state index in [1.54, 1.807) is 0 Å². The quantitative estimate of drug-likeness (QED) is 0.600. The molecule has 1 fully saturated rings. The van der Waals surface area contributed by atoms with Crippen molar-refractivity contribution in [2.45, 2.75) is 56.5 Å². The topological polar surface area (TPSA) is 59.8 Å². The first kappa shape index (κ1) is 17.7. The number of rotatable bonds is 7. The number of aryl methyl sites for hydroxylation is 2. The molecule has 0 saturated heterocycles. The van der Waals surface area contributed by atoms with Gasteiger partial charge in [-0.2, -0.15) is 0 Å². The van der Waals surface area contributed by atoms with Gasteiger partial charge < -0.3 is 9.88 Å². The Kier molecular flexibility index (Phi) is 5.27. The summed E-state index contributed by atoms with van der Waals surface area (Å²) >= 11 is 1.44. The van der Waals surface area contributed by atoms with E-state index in [0.29, 0.717) is 12.5 Å². The van der Waals surface area contributed by atoms with Gasteiger partial charge in [0.15, 0.2) is 5.16 Å². The van der Waals surface area contributed by atoms with Gasteiger partial charge in [0.25, 0.3) is 0 Å². The molecule has 0 aliphatic heterocycles. The summed E-state index contributed by atoms with van der Waals surface area (Å²) in [5.41, 5.74) is 3.11. The number of carbonyl (C=O) groups excluding carboxylic acids is 1. The van der Waals surface area contributed by atoms with E-state index in [1.807, 2.05) is 39.0 Å². The molecule has 6 heteroatoms. The largest absolute Gasteiger partial charge is 0.325 e. The lowest BCUT2D eigenvalue weighted by Gasteiger charge is -2.14. The molecule has 1 aromatic heterocycles. The lowest BCUT2D eigenvalue weighted by molar-refractivity contribution is -0.115. The van der Waals surface area contributed by atoms with Crippen LogP contribution in [0.5, 0.6) is 0 Å². The SMILES string of the molecule is C=CCn1c(SC(C)C(=O)Nc2ccc(C)cc2C)nnc1C1CC1. The lowest BCUT2D eigenvalue weighted by Crippen LogP contribution is -2.23. The Morgan fingerprint density at radius 1 is 1.44 bits per heavy atom. The van der Waals surface area contributed by atoms with E-state index in [-0.39, 0.29) is 11.2 Å². The number of aromatic nitrogens is 3. The maximum absolute atomic E-state index is 12.6. The van der Waals surface area contributed by atoms with Crippen LogP contribution in [-0.2, 0) is 11.3 Å². The molecule has 2 aromatic rings. The maximum Gasteiger partial charge on any atom is 0.237 e. The molecule has 1 atom stereocenters. The van der Waals surface area contributed by atoms with Crippen molar-refractivity contribution in [1.82, 2.24) is 14.8 Å². The number of nitrogens with one attached hydrogen (secondary N) is 1. The highest BCUT2D eigenvalue weighted by Crippen LogP contribution is 2.40. The number of hydrogen-bond acceptors (Lipinski definition) is 4. The van der Waals surface area contributed by atoms with Crippen molar-refractivity contribution in [2.24, 2.45) is 0 Å². The molecule has 1 heterocycles. The highest BCUT2D eigenvalue weighted by Gasteiger charge is 2.31. The molecular formula is C19H24N4OS. The second-order valence-electron chi connectivity index (χ2n) is 6.58. The Morgan fingerprint density at radius 3 is 2.84 bits per heavy atom. The Hall–Kier alpha value is -2.08. The van der Waals surface area contributed by atoms with E-state index >= 15 is 0 Å². The fourth-order valence-electron chi connectivity index (χ4n) is 2.73. The van der Waals surface area contributed by atoms with Crippen LogP contribution in [0.2, 0.25) is 0 Å². The first-order valence-corrected chi connectivity index (χ1v) is 9.46. The molecule has 1 N–H and O–H groups in total. The van der Waals surface area contributed by atoms with Crippen molar-refractivity contribution >= 4 is 23.4 Å². The van der Waals surface area contributed by atoms with Crippen molar-refractivity contribution in [3.8, 4) is 0 Å². The zero-order valence-corrected chi connectivity index (χ0v) is 15.8.